The Morgan fingerprint density at radius 3 is 2.33 bits per heavy atom. The molecule has 0 N–H and O–H groups in total. The van der Waals surface area contributed by atoms with Gasteiger partial charge in [-0.15, -0.1) is 11.3 Å². The molecule has 1 aliphatic rings. The van der Waals surface area contributed by atoms with Crippen molar-refractivity contribution in [3.8, 4) is 5.75 Å². The van der Waals surface area contributed by atoms with Crippen LogP contribution < -0.4 is 4.74 Å². The van der Waals surface area contributed by atoms with Crippen LogP contribution in [0.15, 0.2) is 46.0 Å². The monoisotopic (exact) mass is 408 g/mol. The smallest absolute Gasteiger partial charge is 0.253 e. The van der Waals surface area contributed by atoms with Gasteiger partial charge in [-0.1, -0.05) is 19.9 Å². The Balaban J connectivity index is 1.58. The second kappa shape index (κ2) is 8.41. The van der Waals surface area contributed by atoms with Crippen molar-refractivity contribution in [2.24, 2.45) is 5.92 Å². The van der Waals surface area contributed by atoms with E-state index in [1.54, 1.807) is 46.7 Å². The van der Waals surface area contributed by atoms with Crippen molar-refractivity contribution in [3.63, 3.8) is 0 Å². The average molecular weight is 409 g/mol. The van der Waals surface area contributed by atoms with Crippen LogP contribution in [0, 0.1) is 5.92 Å². The van der Waals surface area contributed by atoms with Crippen LogP contribution in [0.25, 0.3) is 0 Å². The van der Waals surface area contributed by atoms with Crippen LogP contribution >= 0.6 is 11.3 Å². The number of hydrogen-bond acceptors (Lipinski definition) is 5. The lowest BCUT2D eigenvalue weighted by atomic mass is 10.1. The highest BCUT2D eigenvalue weighted by Crippen LogP contribution is 2.22. The van der Waals surface area contributed by atoms with Crippen LogP contribution in [0.4, 0.5) is 0 Å². The van der Waals surface area contributed by atoms with Gasteiger partial charge in [-0.2, -0.15) is 4.31 Å². The number of carbonyl (C=O) groups excluding carboxylic acids is 1. The zero-order valence-corrected chi connectivity index (χ0v) is 17.1. The number of piperazine rings is 1. The Hall–Kier alpha value is -1.90. The van der Waals surface area contributed by atoms with E-state index in [1.165, 1.54) is 15.6 Å². The highest BCUT2D eigenvalue weighted by molar-refractivity contribution is 7.91. The van der Waals surface area contributed by atoms with Crippen LogP contribution in [0.1, 0.15) is 24.2 Å². The standard InChI is InChI=1S/C19H24N2O4S2/c1-15(2)14-25-17-7-5-16(6-8-17)19(22)20-9-11-21(12-10-20)27(23,24)18-4-3-13-26-18/h3-8,13,15H,9-12,14H2,1-2H3. The van der Waals surface area contributed by atoms with E-state index in [0.717, 1.165) is 5.75 Å². The number of nitrogens with zero attached hydrogens (tertiary/aromatic N) is 2. The van der Waals surface area contributed by atoms with Gasteiger partial charge in [-0.25, -0.2) is 8.42 Å². The normalized spacial score (nSPS) is 15.9. The van der Waals surface area contributed by atoms with E-state index in [4.69, 9.17) is 4.74 Å². The number of benzene rings is 1. The van der Waals surface area contributed by atoms with E-state index in [1.807, 2.05) is 0 Å². The average Bonchev–Trinajstić information content (AvgIpc) is 3.22. The summed E-state index contributed by atoms with van der Waals surface area (Å²) in [5, 5.41) is 1.75. The molecule has 2 heterocycles. The van der Waals surface area contributed by atoms with Gasteiger partial charge in [0.05, 0.1) is 6.61 Å². The number of sulfonamides is 1. The lowest BCUT2D eigenvalue weighted by Gasteiger charge is -2.33. The Kier molecular flexibility index (Phi) is 6.18. The largest absolute Gasteiger partial charge is 0.493 e. The molecule has 1 fully saturated rings. The number of thiophene rings is 1. The second-order valence-electron chi connectivity index (χ2n) is 6.86. The molecule has 0 spiro atoms. The van der Waals surface area contributed by atoms with E-state index in [9.17, 15) is 13.2 Å². The molecule has 0 aliphatic carbocycles. The summed E-state index contributed by atoms with van der Waals surface area (Å²) < 4.78 is 32.6. The van der Waals surface area contributed by atoms with Crippen molar-refractivity contribution in [1.29, 1.82) is 0 Å². The Morgan fingerprint density at radius 1 is 1.11 bits per heavy atom. The zero-order chi connectivity index (χ0) is 19.4. The predicted molar refractivity (Wildman–Crippen MR) is 106 cm³/mol. The molecule has 0 bridgehead atoms. The number of amides is 1. The van der Waals surface area contributed by atoms with Gasteiger partial charge in [-0.05, 0) is 41.6 Å². The van der Waals surface area contributed by atoms with E-state index in [2.05, 4.69) is 13.8 Å². The minimum atomic E-state index is -3.45. The van der Waals surface area contributed by atoms with Gasteiger partial charge in [0.25, 0.3) is 15.9 Å². The fourth-order valence-electron chi connectivity index (χ4n) is 2.81. The van der Waals surface area contributed by atoms with Crippen LogP contribution in [0.3, 0.4) is 0 Å². The molecule has 8 heteroatoms. The van der Waals surface area contributed by atoms with Crippen LogP contribution in [0.2, 0.25) is 0 Å². The third-order valence-corrected chi connectivity index (χ3v) is 7.57. The van der Waals surface area contributed by atoms with Crippen LogP contribution in [0.5, 0.6) is 5.75 Å². The van der Waals surface area contributed by atoms with Crippen molar-refractivity contribution < 1.29 is 17.9 Å². The molecule has 1 amide bonds. The van der Waals surface area contributed by atoms with Crippen molar-refractivity contribution in [1.82, 2.24) is 9.21 Å². The maximum Gasteiger partial charge on any atom is 0.253 e. The first-order chi connectivity index (χ1) is 12.9. The molecule has 1 saturated heterocycles. The summed E-state index contributed by atoms with van der Waals surface area (Å²) >= 11 is 1.21. The number of ether oxygens (including phenoxy) is 1. The fourth-order valence-corrected chi connectivity index (χ4v) is 5.37. The SMILES string of the molecule is CC(C)COc1ccc(C(=O)N2CCN(S(=O)(=O)c3cccs3)CC2)cc1. The van der Waals surface area contributed by atoms with Gasteiger partial charge in [0.1, 0.15) is 9.96 Å². The highest BCUT2D eigenvalue weighted by atomic mass is 32.2. The summed E-state index contributed by atoms with van der Waals surface area (Å²) in [6.45, 7) is 6.17. The molecule has 27 heavy (non-hydrogen) atoms. The molecule has 0 atom stereocenters. The Bertz CT molecular complexity index is 854. The summed E-state index contributed by atoms with van der Waals surface area (Å²) in [7, 11) is -3.45. The van der Waals surface area contributed by atoms with Gasteiger partial charge >= 0.3 is 0 Å². The summed E-state index contributed by atoms with van der Waals surface area (Å²) in [4.78, 5) is 14.4. The molecule has 146 valence electrons. The minimum Gasteiger partial charge on any atom is -0.493 e. The summed E-state index contributed by atoms with van der Waals surface area (Å²) in [5.41, 5.74) is 0.585. The van der Waals surface area contributed by atoms with Crippen molar-refractivity contribution in [2.75, 3.05) is 32.8 Å². The molecule has 1 aromatic heterocycles. The maximum atomic E-state index is 12.7. The van der Waals surface area contributed by atoms with Gasteiger partial charge in [0, 0.05) is 31.7 Å². The number of carbonyl (C=O) groups is 1. The molecule has 2 aromatic rings. The lowest BCUT2D eigenvalue weighted by molar-refractivity contribution is 0.0698. The Labute approximate surface area is 164 Å². The lowest BCUT2D eigenvalue weighted by Crippen LogP contribution is -2.50. The molecule has 0 radical (unpaired) electrons. The minimum absolute atomic E-state index is 0.0846. The molecule has 1 aliphatic heterocycles. The summed E-state index contributed by atoms with van der Waals surface area (Å²) in [6, 6.07) is 10.5. The quantitative estimate of drug-likeness (QED) is 0.737. The van der Waals surface area contributed by atoms with Gasteiger partial charge in [0.15, 0.2) is 0 Å². The number of rotatable bonds is 6. The Morgan fingerprint density at radius 2 is 1.78 bits per heavy atom. The van der Waals surface area contributed by atoms with Crippen molar-refractivity contribution in [2.45, 2.75) is 18.1 Å². The van der Waals surface area contributed by atoms with Crippen LogP contribution in [-0.2, 0) is 10.0 Å². The fraction of sp³-hybridized carbons (Fsp3) is 0.421. The third-order valence-electron chi connectivity index (χ3n) is 4.30. The first-order valence-electron chi connectivity index (χ1n) is 8.93. The van der Waals surface area contributed by atoms with Crippen LogP contribution in [-0.4, -0.2) is 56.3 Å². The maximum absolute atomic E-state index is 12.7. The van der Waals surface area contributed by atoms with Gasteiger partial charge < -0.3 is 9.64 Å². The zero-order valence-electron chi connectivity index (χ0n) is 15.5. The van der Waals surface area contributed by atoms with Gasteiger partial charge in [0.2, 0.25) is 0 Å². The van der Waals surface area contributed by atoms with E-state index < -0.39 is 10.0 Å². The van der Waals surface area contributed by atoms with E-state index in [0.29, 0.717) is 48.5 Å². The molecular weight excluding hydrogens is 384 g/mol. The molecule has 3 rings (SSSR count). The molecular formula is C19H24N2O4S2. The molecule has 0 saturated carbocycles. The predicted octanol–water partition coefficient (Wildman–Crippen LogP) is 2.93. The molecule has 0 unspecified atom stereocenters. The van der Waals surface area contributed by atoms with Gasteiger partial charge in [-0.3, -0.25) is 4.79 Å². The molecule has 1 aromatic carbocycles. The summed E-state index contributed by atoms with van der Waals surface area (Å²) in [6.07, 6.45) is 0. The first-order valence-corrected chi connectivity index (χ1v) is 11.3. The van der Waals surface area contributed by atoms with Crippen molar-refractivity contribution in [3.05, 3.63) is 47.3 Å². The second-order valence-corrected chi connectivity index (χ2v) is 9.97. The highest BCUT2D eigenvalue weighted by Gasteiger charge is 2.30. The number of hydrogen-bond donors (Lipinski definition) is 0. The topological polar surface area (TPSA) is 66.9 Å². The van der Waals surface area contributed by atoms with E-state index >= 15 is 0 Å². The summed E-state index contributed by atoms with van der Waals surface area (Å²) in [5.74, 6) is 1.10. The first kappa shape index (κ1) is 19.9. The van der Waals surface area contributed by atoms with E-state index in [-0.39, 0.29) is 5.91 Å². The van der Waals surface area contributed by atoms with Crippen molar-refractivity contribution >= 4 is 27.3 Å². The third kappa shape index (κ3) is 4.69. The molecule has 6 nitrogen and oxygen atoms in total.